The second-order valence-corrected chi connectivity index (χ2v) is 6.20. The lowest BCUT2D eigenvalue weighted by atomic mass is 9.89. The van der Waals surface area contributed by atoms with Crippen LogP contribution in [0.4, 0.5) is 0 Å². The largest absolute Gasteiger partial charge is 0.303 e. The van der Waals surface area contributed by atoms with E-state index in [0.717, 1.165) is 32.5 Å². The van der Waals surface area contributed by atoms with Crippen LogP contribution in [0.25, 0.3) is 0 Å². The Morgan fingerprint density at radius 1 is 1.40 bits per heavy atom. The SMILES string of the molecule is CN1CCN(C)C(C(NN)C2CCc3cccnc32)C1. The number of nitrogens with zero attached hydrogens (tertiary/aromatic N) is 3. The van der Waals surface area contributed by atoms with E-state index in [-0.39, 0.29) is 6.04 Å². The summed E-state index contributed by atoms with van der Waals surface area (Å²) in [6.07, 6.45) is 4.18. The van der Waals surface area contributed by atoms with Crippen LogP contribution in [0.3, 0.4) is 0 Å². The molecule has 0 radical (unpaired) electrons. The van der Waals surface area contributed by atoms with Crippen molar-refractivity contribution in [1.29, 1.82) is 0 Å². The highest BCUT2D eigenvalue weighted by Gasteiger charge is 2.38. The van der Waals surface area contributed by atoms with Crippen molar-refractivity contribution >= 4 is 0 Å². The second-order valence-electron chi connectivity index (χ2n) is 6.20. The number of hydrogen-bond acceptors (Lipinski definition) is 5. The van der Waals surface area contributed by atoms with Gasteiger partial charge in [0.1, 0.15) is 0 Å². The topological polar surface area (TPSA) is 57.4 Å². The van der Waals surface area contributed by atoms with Crippen LogP contribution in [0.5, 0.6) is 0 Å². The Labute approximate surface area is 121 Å². The molecule has 3 atom stereocenters. The molecule has 3 N–H and O–H groups in total. The summed E-state index contributed by atoms with van der Waals surface area (Å²) in [5.41, 5.74) is 5.74. The lowest BCUT2D eigenvalue weighted by molar-refractivity contribution is 0.0794. The number of fused-ring (bicyclic) bond motifs is 1. The molecule has 20 heavy (non-hydrogen) atoms. The Kier molecular flexibility index (Phi) is 4.03. The molecule has 5 heteroatoms. The molecule has 1 saturated heterocycles. The third-order valence-corrected chi connectivity index (χ3v) is 4.94. The van der Waals surface area contributed by atoms with Gasteiger partial charge in [0.2, 0.25) is 0 Å². The molecule has 0 saturated carbocycles. The van der Waals surface area contributed by atoms with E-state index in [0.29, 0.717) is 12.0 Å². The average molecular weight is 275 g/mol. The predicted molar refractivity (Wildman–Crippen MR) is 80.3 cm³/mol. The van der Waals surface area contributed by atoms with Crippen molar-refractivity contribution in [2.24, 2.45) is 5.84 Å². The molecule has 0 bridgehead atoms. The van der Waals surface area contributed by atoms with Crippen LogP contribution in [0.15, 0.2) is 18.3 Å². The van der Waals surface area contributed by atoms with Gasteiger partial charge in [-0.3, -0.25) is 21.2 Å². The standard InChI is InChI=1S/C15H25N5/c1-19-8-9-20(2)13(10-19)15(18-16)12-6-5-11-4-3-7-17-14(11)12/h3-4,7,12-13,15,18H,5-6,8-10,16H2,1-2H3. The molecule has 0 amide bonds. The normalized spacial score (nSPS) is 29.4. The van der Waals surface area contributed by atoms with Crippen LogP contribution in [-0.2, 0) is 6.42 Å². The van der Waals surface area contributed by atoms with Gasteiger partial charge >= 0.3 is 0 Å². The van der Waals surface area contributed by atoms with Crippen LogP contribution in [-0.4, -0.2) is 60.6 Å². The maximum atomic E-state index is 5.93. The number of hydrogen-bond donors (Lipinski definition) is 2. The van der Waals surface area contributed by atoms with Gasteiger partial charge in [-0.1, -0.05) is 6.07 Å². The molecule has 1 aliphatic heterocycles. The molecular formula is C15H25N5. The van der Waals surface area contributed by atoms with Crippen LogP contribution >= 0.6 is 0 Å². The highest BCUT2D eigenvalue weighted by Crippen LogP contribution is 2.35. The number of likely N-dealkylation sites (N-methyl/N-ethyl adjacent to an activating group) is 2. The van der Waals surface area contributed by atoms with Crippen molar-refractivity contribution in [3.8, 4) is 0 Å². The lowest BCUT2D eigenvalue weighted by Crippen LogP contribution is -2.61. The van der Waals surface area contributed by atoms with E-state index in [1.807, 2.05) is 12.3 Å². The van der Waals surface area contributed by atoms with Gasteiger partial charge in [0, 0.05) is 49.5 Å². The summed E-state index contributed by atoms with van der Waals surface area (Å²) in [4.78, 5) is 9.45. The lowest BCUT2D eigenvalue weighted by Gasteiger charge is -2.43. The van der Waals surface area contributed by atoms with Crippen molar-refractivity contribution in [3.63, 3.8) is 0 Å². The second kappa shape index (κ2) is 5.77. The molecule has 1 aromatic heterocycles. The zero-order chi connectivity index (χ0) is 14.1. The first-order valence-electron chi connectivity index (χ1n) is 7.49. The highest BCUT2D eigenvalue weighted by molar-refractivity contribution is 5.30. The molecule has 5 nitrogen and oxygen atoms in total. The zero-order valence-electron chi connectivity index (χ0n) is 12.4. The molecular weight excluding hydrogens is 250 g/mol. The van der Waals surface area contributed by atoms with E-state index in [1.54, 1.807) is 0 Å². The number of piperazine rings is 1. The van der Waals surface area contributed by atoms with Crippen LogP contribution in [0, 0.1) is 0 Å². The van der Waals surface area contributed by atoms with Gasteiger partial charge in [-0.05, 0) is 38.6 Å². The van der Waals surface area contributed by atoms with E-state index < -0.39 is 0 Å². The van der Waals surface area contributed by atoms with Crippen LogP contribution in [0.2, 0.25) is 0 Å². The summed E-state index contributed by atoms with van der Waals surface area (Å²) < 4.78 is 0. The van der Waals surface area contributed by atoms with E-state index in [9.17, 15) is 0 Å². The summed E-state index contributed by atoms with van der Waals surface area (Å²) in [7, 11) is 4.39. The van der Waals surface area contributed by atoms with E-state index in [2.05, 4.69) is 40.4 Å². The van der Waals surface area contributed by atoms with Crippen LogP contribution < -0.4 is 11.3 Å². The molecule has 3 rings (SSSR count). The highest BCUT2D eigenvalue weighted by atomic mass is 15.3. The summed E-state index contributed by atoms with van der Waals surface area (Å²) in [6.45, 7) is 3.29. The average Bonchev–Trinajstić information content (AvgIpc) is 2.88. The molecule has 1 aromatic rings. The molecule has 110 valence electrons. The Hall–Kier alpha value is -1.01. The van der Waals surface area contributed by atoms with E-state index in [4.69, 9.17) is 5.84 Å². The molecule has 0 spiro atoms. The van der Waals surface area contributed by atoms with Gasteiger partial charge in [-0.25, -0.2) is 0 Å². The zero-order valence-corrected chi connectivity index (χ0v) is 12.4. The third-order valence-electron chi connectivity index (χ3n) is 4.94. The minimum Gasteiger partial charge on any atom is -0.303 e. The van der Waals surface area contributed by atoms with Crippen molar-refractivity contribution in [3.05, 3.63) is 29.6 Å². The van der Waals surface area contributed by atoms with Gasteiger partial charge in [0.05, 0.1) is 0 Å². The summed E-state index contributed by atoms with van der Waals surface area (Å²) in [5.74, 6) is 6.35. The maximum absolute atomic E-state index is 5.93. The number of nitrogens with two attached hydrogens (primary N) is 1. The minimum atomic E-state index is 0.263. The monoisotopic (exact) mass is 275 g/mol. The summed E-state index contributed by atoms with van der Waals surface area (Å²) in [6, 6.07) is 4.94. The molecule has 1 fully saturated rings. The fraction of sp³-hybridized carbons (Fsp3) is 0.667. The number of aryl methyl sites for hydroxylation is 1. The Morgan fingerprint density at radius 3 is 3.05 bits per heavy atom. The molecule has 1 aliphatic carbocycles. The molecule has 2 aliphatic rings. The Bertz CT molecular complexity index is 463. The van der Waals surface area contributed by atoms with Crippen molar-refractivity contribution in [2.75, 3.05) is 33.7 Å². The smallest absolute Gasteiger partial charge is 0.0483 e. The predicted octanol–water partition coefficient (Wildman–Crippen LogP) is 0.189. The number of pyridine rings is 1. The molecule has 3 unspecified atom stereocenters. The molecule has 2 heterocycles. The van der Waals surface area contributed by atoms with Crippen LogP contribution in [0.1, 0.15) is 23.6 Å². The van der Waals surface area contributed by atoms with Gasteiger partial charge in [-0.2, -0.15) is 0 Å². The number of rotatable bonds is 3. The fourth-order valence-electron chi connectivity index (χ4n) is 3.72. The third kappa shape index (κ3) is 2.46. The quantitative estimate of drug-likeness (QED) is 0.609. The fourth-order valence-corrected chi connectivity index (χ4v) is 3.72. The minimum absolute atomic E-state index is 0.263. The maximum Gasteiger partial charge on any atom is 0.0483 e. The van der Waals surface area contributed by atoms with Crippen molar-refractivity contribution in [2.45, 2.75) is 30.8 Å². The summed E-state index contributed by atoms with van der Waals surface area (Å²) in [5, 5.41) is 0. The molecule has 0 aromatic carbocycles. The van der Waals surface area contributed by atoms with Gasteiger partial charge in [0.15, 0.2) is 0 Å². The van der Waals surface area contributed by atoms with Gasteiger partial charge in [-0.15, -0.1) is 0 Å². The Morgan fingerprint density at radius 2 is 2.25 bits per heavy atom. The van der Waals surface area contributed by atoms with E-state index in [1.165, 1.54) is 11.3 Å². The number of hydrazine groups is 1. The number of aromatic nitrogens is 1. The van der Waals surface area contributed by atoms with Gasteiger partial charge in [0.25, 0.3) is 0 Å². The van der Waals surface area contributed by atoms with Gasteiger partial charge < -0.3 is 4.90 Å². The van der Waals surface area contributed by atoms with E-state index >= 15 is 0 Å². The Balaban J connectivity index is 1.83. The van der Waals surface area contributed by atoms with Crippen molar-refractivity contribution < 1.29 is 0 Å². The first-order valence-corrected chi connectivity index (χ1v) is 7.49. The first kappa shape index (κ1) is 13.9. The first-order chi connectivity index (χ1) is 9.70. The summed E-state index contributed by atoms with van der Waals surface area (Å²) >= 11 is 0. The number of nitrogens with one attached hydrogen (secondary N) is 1. The van der Waals surface area contributed by atoms with Crippen molar-refractivity contribution in [1.82, 2.24) is 20.2 Å².